The Bertz CT molecular complexity index is 742. The number of benzene rings is 2. The van der Waals surface area contributed by atoms with Gasteiger partial charge in [0.15, 0.2) is 11.5 Å². The third-order valence-corrected chi connectivity index (χ3v) is 3.88. The van der Waals surface area contributed by atoms with E-state index in [0.717, 1.165) is 5.56 Å². The van der Waals surface area contributed by atoms with Crippen LogP contribution in [0.2, 0.25) is 0 Å². The summed E-state index contributed by atoms with van der Waals surface area (Å²) in [6.07, 6.45) is 3.54. The van der Waals surface area contributed by atoms with Crippen molar-refractivity contribution in [2.24, 2.45) is 0 Å². The summed E-state index contributed by atoms with van der Waals surface area (Å²) < 4.78 is 10.3. The standard InChI is InChI=1S/C19H22O6/c1-24-18-8-13(5-14(9-20)16(18)11-22)4-3-12-6-15(10-21)19(25-2)17(23)7-12/h3-8,20-23H,9-11H2,1-2H3. The van der Waals surface area contributed by atoms with Crippen molar-refractivity contribution in [2.75, 3.05) is 14.2 Å². The van der Waals surface area contributed by atoms with Gasteiger partial charge in [-0.15, -0.1) is 0 Å². The Labute approximate surface area is 146 Å². The first-order valence-corrected chi connectivity index (χ1v) is 7.68. The second kappa shape index (κ2) is 8.53. The average molecular weight is 346 g/mol. The molecule has 134 valence electrons. The number of ether oxygens (including phenoxy) is 2. The molecule has 0 amide bonds. The van der Waals surface area contributed by atoms with Gasteiger partial charge in [-0.25, -0.2) is 0 Å². The largest absolute Gasteiger partial charge is 0.504 e. The summed E-state index contributed by atoms with van der Waals surface area (Å²) in [5, 5.41) is 38.3. The zero-order valence-electron chi connectivity index (χ0n) is 14.2. The van der Waals surface area contributed by atoms with Crippen LogP contribution in [0.5, 0.6) is 17.2 Å². The first-order chi connectivity index (χ1) is 12.1. The molecule has 6 nitrogen and oxygen atoms in total. The highest BCUT2D eigenvalue weighted by molar-refractivity contribution is 5.73. The highest BCUT2D eigenvalue weighted by Crippen LogP contribution is 2.32. The third kappa shape index (κ3) is 4.11. The van der Waals surface area contributed by atoms with Crippen LogP contribution >= 0.6 is 0 Å². The van der Waals surface area contributed by atoms with E-state index in [1.54, 1.807) is 30.4 Å². The van der Waals surface area contributed by atoms with E-state index in [4.69, 9.17) is 9.47 Å². The quantitative estimate of drug-likeness (QED) is 0.573. The SMILES string of the molecule is COc1cc(C=Cc2cc(O)c(OC)c(CO)c2)cc(CO)c1CO. The number of methoxy groups -OCH3 is 2. The van der Waals surface area contributed by atoms with Gasteiger partial charge in [0.2, 0.25) is 0 Å². The molecule has 0 atom stereocenters. The van der Waals surface area contributed by atoms with Crippen molar-refractivity contribution < 1.29 is 29.9 Å². The number of rotatable bonds is 7. The lowest BCUT2D eigenvalue weighted by Gasteiger charge is -2.12. The fourth-order valence-corrected chi connectivity index (χ4v) is 2.66. The Kier molecular flexibility index (Phi) is 6.41. The maximum atomic E-state index is 9.98. The van der Waals surface area contributed by atoms with Crippen LogP contribution in [-0.2, 0) is 19.8 Å². The Morgan fingerprint density at radius 1 is 0.800 bits per heavy atom. The van der Waals surface area contributed by atoms with Crippen molar-refractivity contribution in [1.82, 2.24) is 0 Å². The van der Waals surface area contributed by atoms with Gasteiger partial charge in [-0.1, -0.05) is 12.2 Å². The molecule has 0 unspecified atom stereocenters. The molecule has 4 N–H and O–H groups in total. The molecule has 0 aliphatic heterocycles. The molecule has 0 fully saturated rings. The molecule has 0 spiro atoms. The number of hydrogen-bond acceptors (Lipinski definition) is 6. The van der Waals surface area contributed by atoms with E-state index in [0.29, 0.717) is 28.0 Å². The maximum absolute atomic E-state index is 9.98. The zero-order chi connectivity index (χ0) is 18.4. The number of phenols is 1. The third-order valence-electron chi connectivity index (χ3n) is 3.88. The van der Waals surface area contributed by atoms with Gasteiger partial charge >= 0.3 is 0 Å². The van der Waals surface area contributed by atoms with E-state index in [1.807, 2.05) is 0 Å². The topological polar surface area (TPSA) is 99.4 Å². The fraction of sp³-hybridized carbons (Fsp3) is 0.263. The van der Waals surface area contributed by atoms with Crippen molar-refractivity contribution in [3.63, 3.8) is 0 Å². The predicted octanol–water partition coefficient (Wildman–Crippen LogP) is 2.06. The fourth-order valence-electron chi connectivity index (χ4n) is 2.66. The molecule has 0 saturated carbocycles. The molecule has 6 heteroatoms. The normalized spacial score (nSPS) is 11.1. The number of aliphatic hydroxyl groups excluding tert-OH is 3. The molecule has 25 heavy (non-hydrogen) atoms. The zero-order valence-corrected chi connectivity index (χ0v) is 14.2. The summed E-state index contributed by atoms with van der Waals surface area (Å²) in [5.74, 6) is 0.677. The lowest BCUT2D eigenvalue weighted by Crippen LogP contribution is -1.99. The maximum Gasteiger partial charge on any atom is 0.166 e. The molecule has 0 saturated heterocycles. The lowest BCUT2D eigenvalue weighted by atomic mass is 10.0. The second-order valence-electron chi connectivity index (χ2n) is 5.40. The number of aromatic hydroxyl groups is 1. The summed E-state index contributed by atoms with van der Waals surface area (Å²) in [6.45, 7) is -0.701. The van der Waals surface area contributed by atoms with Gasteiger partial charge in [-0.2, -0.15) is 0 Å². The van der Waals surface area contributed by atoms with Crippen LogP contribution in [0.4, 0.5) is 0 Å². The lowest BCUT2D eigenvalue weighted by molar-refractivity contribution is 0.254. The Morgan fingerprint density at radius 3 is 1.92 bits per heavy atom. The molecular weight excluding hydrogens is 324 g/mol. The van der Waals surface area contributed by atoms with Crippen LogP contribution < -0.4 is 9.47 Å². The van der Waals surface area contributed by atoms with Gasteiger partial charge in [0.1, 0.15) is 5.75 Å². The second-order valence-corrected chi connectivity index (χ2v) is 5.40. The summed E-state index contributed by atoms with van der Waals surface area (Å²) in [4.78, 5) is 0. The van der Waals surface area contributed by atoms with E-state index in [2.05, 4.69) is 0 Å². The summed E-state index contributed by atoms with van der Waals surface area (Å²) in [7, 11) is 2.92. The number of phenolic OH excluding ortho intramolecular Hbond substituents is 1. The van der Waals surface area contributed by atoms with Crippen LogP contribution in [0.3, 0.4) is 0 Å². The molecule has 2 aromatic rings. The van der Waals surface area contributed by atoms with Crippen LogP contribution in [0.25, 0.3) is 12.2 Å². The molecule has 0 radical (unpaired) electrons. The monoisotopic (exact) mass is 346 g/mol. The molecule has 2 rings (SSSR count). The first kappa shape index (κ1) is 18.8. The van der Waals surface area contributed by atoms with Gasteiger partial charge in [-0.3, -0.25) is 0 Å². The summed E-state index contributed by atoms with van der Waals surface area (Å²) >= 11 is 0. The summed E-state index contributed by atoms with van der Waals surface area (Å²) in [6, 6.07) is 6.74. The number of hydrogen-bond donors (Lipinski definition) is 4. The van der Waals surface area contributed by atoms with Crippen molar-refractivity contribution >= 4 is 12.2 Å². The van der Waals surface area contributed by atoms with Crippen molar-refractivity contribution in [1.29, 1.82) is 0 Å². The Hall–Kier alpha value is -2.54. The molecule has 2 aromatic carbocycles. The van der Waals surface area contributed by atoms with E-state index < -0.39 is 0 Å². The molecular formula is C19H22O6. The van der Waals surface area contributed by atoms with Crippen molar-refractivity contribution in [2.45, 2.75) is 19.8 Å². The Morgan fingerprint density at radius 2 is 1.40 bits per heavy atom. The van der Waals surface area contributed by atoms with E-state index >= 15 is 0 Å². The molecule has 0 aromatic heterocycles. The van der Waals surface area contributed by atoms with Gasteiger partial charge < -0.3 is 29.9 Å². The molecule has 0 bridgehead atoms. The average Bonchev–Trinajstić information content (AvgIpc) is 2.64. The minimum atomic E-state index is -0.258. The predicted molar refractivity (Wildman–Crippen MR) is 94.3 cm³/mol. The van der Waals surface area contributed by atoms with Crippen LogP contribution in [0.1, 0.15) is 27.8 Å². The minimum absolute atomic E-state index is 0.0574. The molecule has 0 aliphatic rings. The van der Waals surface area contributed by atoms with E-state index in [-0.39, 0.29) is 31.3 Å². The molecule has 0 aliphatic carbocycles. The van der Waals surface area contributed by atoms with Gasteiger partial charge in [0, 0.05) is 11.1 Å². The smallest absolute Gasteiger partial charge is 0.166 e. The first-order valence-electron chi connectivity index (χ1n) is 7.68. The van der Waals surface area contributed by atoms with Gasteiger partial charge in [0.25, 0.3) is 0 Å². The Balaban J connectivity index is 2.41. The number of aliphatic hydroxyl groups is 3. The van der Waals surface area contributed by atoms with Crippen molar-refractivity contribution in [3.8, 4) is 17.2 Å². The highest BCUT2D eigenvalue weighted by Gasteiger charge is 2.11. The molecule has 0 heterocycles. The van der Waals surface area contributed by atoms with Crippen molar-refractivity contribution in [3.05, 3.63) is 52.1 Å². The van der Waals surface area contributed by atoms with E-state index in [9.17, 15) is 20.4 Å². The van der Waals surface area contributed by atoms with Crippen LogP contribution in [0, 0.1) is 0 Å². The van der Waals surface area contributed by atoms with E-state index in [1.165, 1.54) is 20.3 Å². The van der Waals surface area contributed by atoms with Gasteiger partial charge in [-0.05, 0) is 41.0 Å². The summed E-state index contributed by atoms with van der Waals surface area (Å²) in [5.41, 5.74) is 3.05. The van der Waals surface area contributed by atoms with Gasteiger partial charge in [0.05, 0.1) is 34.0 Å². The minimum Gasteiger partial charge on any atom is -0.504 e. The van der Waals surface area contributed by atoms with Crippen LogP contribution in [0.15, 0.2) is 24.3 Å². The van der Waals surface area contributed by atoms with Crippen LogP contribution in [-0.4, -0.2) is 34.6 Å². The highest BCUT2D eigenvalue weighted by atomic mass is 16.5.